The predicted octanol–water partition coefficient (Wildman–Crippen LogP) is 22.6. The quantitative estimate of drug-likeness (QED) is 0.0127. The maximum absolute atomic E-state index is 12.2. The lowest BCUT2D eigenvalue weighted by Gasteiger charge is -2.26. The van der Waals surface area contributed by atoms with Crippen LogP contribution >= 0.6 is 57.1 Å². The Morgan fingerprint density at radius 2 is 0.673 bits per heavy atom. The Morgan fingerprint density at radius 1 is 0.355 bits per heavy atom. The van der Waals surface area contributed by atoms with Crippen LogP contribution < -0.4 is 9.80 Å². The SMILES string of the molecule is [N-]=[N+]=NCCCCc1ccc(N(c2ccc(CCCCN3C(=O)C=CC3=O)cc2)c2ccc(-c3ccc(-c4c5nsnc5c(-c5ccc(-c6ccc(N(c7ccc(CCCCN=[N+]=[N-])cc7)c7ccc(CCCCN8C(=O)C=CC8=O)cc7)cc6)s5)c5nc(-c6cccs6)c(-c6cccs6)nc45)s3)cc2)cc1. The van der Waals surface area contributed by atoms with E-state index >= 15 is 0 Å². The van der Waals surface area contributed by atoms with E-state index in [0.29, 0.717) is 26.2 Å². The Bertz CT molecular complexity index is 5150. The number of nitrogens with zero attached hydrogens (tertiary/aromatic N) is 14. The molecule has 2 aliphatic rings. The number of anilines is 6. The van der Waals surface area contributed by atoms with Gasteiger partial charge in [-0.25, -0.2) is 9.97 Å². The molecule has 4 amide bonds. The van der Waals surface area contributed by atoms with E-state index in [2.05, 4.69) is 235 Å². The fourth-order valence-electron chi connectivity index (χ4n) is 13.7. The van der Waals surface area contributed by atoms with Gasteiger partial charge in [0.1, 0.15) is 33.5 Å². The van der Waals surface area contributed by atoms with Crippen molar-refractivity contribution in [3.05, 3.63) is 272 Å². The highest BCUT2D eigenvalue weighted by molar-refractivity contribution is 7.19. The molecule has 0 fully saturated rings. The largest absolute Gasteiger partial charge is 0.311 e. The molecule has 107 heavy (non-hydrogen) atoms. The van der Waals surface area contributed by atoms with Gasteiger partial charge in [0, 0.05) is 125 Å². The Labute approximate surface area is 638 Å². The van der Waals surface area contributed by atoms with Gasteiger partial charge in [0.2, 0.25) is 0 Å². The molecule has 7 aromatic carbocycles. The first-order valence-corrected chi connectivity index (χ1v) is 39.8. The number of hydrogen-bond donors (Lipinski definition) is 0. The maximum Gasteiger partial charge on any atom is 0.253 e. The summed E-state index contributed by atoms with van der Waals surface area (Å²) >= 11 is 7.87. The molecular formula is C84H70N14O4S5. The summed E-state index contributed by atoms with van der Waals surface area (Å²) in [6, 6.07) is 69.2. The summed E-state index contributed by atoms with van der Waals surface area (Å²) < 4.78 is 10.3. The van der Waals surface area contributed by atoms with Crippen LogP contribution in [0.1, 0.15) is 73.6 Å². The smallest absolute Gasteiger partial charge is 0.253 e. The second-order valence-electron chi connectivity index (χ2n) is 26.1. The number of amides is 4. The average Bonchev–Trinajstić information content (AvgIpc) is 1.67. The van der Waals surface area contributed by atoms with E-state index in [0.717, 1.165) is 196 Å². The third-order valence-corrected chi connectivity index (χ3v) is 23.8. The molecule has 0 atom stereocenters. The first-order valence-electron chi connectivity index (χ1n) is 35.7. The summed E-state index contributed by atoms with van der Waals surface area (Å²) in [5.41, 5.74) is 36.9. The number of thiophene rings is 4. The number of unbranched alkanes of at least 4 members (excludes halogenated alkanes) is 4. The van der Waals surface area contributed by atoms with E-state index in [4.69, 9.17) is 29.8 Å². The van der Waals surface area contributed by atoms with Crippen molar-refractivity contribution in [3.8, 4) is 62.9 Å². The molecule has 15 rings (SSSR count). The van der Waals surface area contributed by atoms with Crippen LogP contribution in [0.2, 0.25) is 0 Å². The molecule has 0 aliphatic carbocycles. The summed E-state index contributed by atoms with van der Waals surface area (Å²) in [6.07, 6.45) is 15.3. The van der Waals surface area contributed by atoms with Crippen LogP contribution in [0.25, 0.3) is 106 Å². The summed E-state index contributed by atoms with van der Waals surface area (Å²) in [5, 5.41) is 11.6. The minimum atomic E-state index is -0.247. The lowest BCUT2D eigenvalue weighted by Crippen LogP contribution is -2.30. The minimum absolute atomic E-state index is 0.247. The van der Waals surface area contributed by atoms with Crippen LogP contribution in [0.3, 0.4) is 0 Å². The van der Waals surface area contributed by atoms with E-state index in [9.17, 15) is 19.2 Å². The van der Waals surface area contributed by atoms with Crippen LogP contribution in [0, 0.1) is 0 Å². The van der Waals surface area contributed by atoms with Gasteiger partial charge < -0.3 is 9.80 Å². The standard InChI is InChI=1S/C84H70N14O4S5/c85-93-87-49-5-1-11-55-17-29-61(30-18-55)97(63-33-21-57(22-34-63)13-3-7-51-95-73(99)45-46-74(95)100)65-37-25-59(26-38-65)67-41-43-69(105-67)77-81-82(90-80(72-16-10-54-104-72)79(89-81)71-15-9-53-103-71)78(84-83(77)91-107-92-84)70-44-42-68(106-70)60-27-39-66(40-28-60)98(62-31-19-56(20-32-62)12-2-6-50-88-94-86)64-35-23-58(24-36-64)14-4-8-52-96-75(101)47-48-76(96)102/h9-10,15-48,53-54H,1-8,11-14,49-52H2. The highest BCUT2D eigenvalue weighted by atomic mass is 32.1. The van der Waals surface area contributed by atoms with Crippen LogP contribution in [-0.2, 0) is 44.9 Å². The molecule has 0 spiro atoms. The molecule has 0 N–H and O–H groups in total. The van der Waals surface area contributed by atoms with Gasteiger partial charge in [-0.3, -0.25) is 29.0 Å². The third kappa shape index (κ3) is 16.0. The molecular weight excluding hydrogens is 1430 g/mol. The minimum Gasteiger partial charge on any atom is -0.311 e. The first-order chi connectivity index (χ1) is 52.6. The van der Waals surface area contributed by atoms with Crippen molar-refractivity contribution in [1.82, 2.24) is 28.5 Å². The molecule has 0 radical (unpaired) electrons. The second-order valence-corrected chi connectivity index (χ2v) is 30.7. The molecule has 2 aliphatic heterocycles. The number of carbonyl (C=O) groups excluding carboxylic acids is 4. The number of imide groups is 2. The maximum atomic E-state index is 12.2. The van der Waals surface area contributed by atoms with Gasteiger partial charge in [0.15, 0.2) is 0 Å². The van der Waals surface area contributed by atoms with Crippen molar-refractivity contribution in [2.24, 2.45) is 10.2 Å². The van der Waals surface area contributed by atoms with Crippen LogP contribution in [0.15, 0.2) is 239 Å². The van der Waals surface area contributed by atoms with E-state index in [1.165, 1.54) is 68.1 Å². The molecule has 6 aromatic heterocycles. The van der Waals surface area contributed by atoms with Gasteiger partial charge in [-0.05, 0) is 241 Å². The van der Waals surface area contributed by atoms with Gasteiger partial charge in [-0.15, -0.1) is 45.3 Å². The van der Waals surface area contributed by atoms with Crippen molar-refractivity contribution < 1.29 is 19.2 Å². The first kappa shape index (κ1) is 71.1. The zero-order valence-corrected chi connectivity index (χ0v) is 62.3. The third-order valence-electron chi connectivity index (χ3n) is 19.2. The number of fused-ring (bicyclic) bond motifs is 2. The normalized spacial score (nSPS) is 12.7. The molecule has 18 nitrogen and oxygen atoms in total. The van der Waals surface area contributed by atoms with E-state index in [-0.39, 0.29) is 23.6 Å². The monoisotopic (exact) mass is 1500 g/mol. The van der Waals surface area contributed by atoms with Gasteiger partial charge >= 0.3 is 0 Å². The molecule has 23 heteroatoms. The fraction of sp³-hybridized carbons (Fsp3) is 0.190. The Kier molecular flexibility index (Phi) is 22.1. The predicted molar refractivity (Wildman–Crippen MR) is 435 cm³/mol. The molecule has 13 aromatic rings. The highest BCUT2D eigenvalue weighted by Crippen LogP contribution is 2.50. The van der Waals surface area contributed by atoms with E-state index < -0.39 is 0 Å². The van der Waals surface area contributed by atoms with Crippen molar-refractivity contribution in [2.45, 2.75) is 77.0 Å². The topological polar surface area (TPSA) is 230 Å². The summed E-state index contributed by atoms with van der Waals surface area (Å²) in [4.78, 5) is 79.3. The van der Waals surface area contributed by atoms with E-state index in [1.807, 2.05) is 0 Å². The van der Waals surface area contributed by atoms with Crippen molar-refractivity contribution in [1.29, 1.82) is 0 Å². The Balaban J connectivity index is 0.733. The average molecular weight is 1500 g/mol. The Hall–Kier alpha value is -11.5. The lowest BCUT2D eigenvalue weighted by molar-refractivity contribution is -0.138. The van der Waals surface area contributed by atoms with E-state index in [1.54, 1.807) is 45.3 Å². The Morgan fingerprint density at radius 3 is 0.991 bits per heavy atom. The van der Waals surface area contributed by atoms with Crippen LogP contribution in [-0.4, -0.2) is 78.3 Å². The second kappa shape index (κ2) is 33.3. The van der Waals surface area contributed by atoms with Crippen molar-refractivity contribution in [2.75, 3.05) is 36.0 Å². The van der Waals surface area contributed by atoms with Gasteiger partial charge in [-0.2, -0.15) is 8.75 Å². The number of carbonyl (C=O) groups is 4. The number of benzene rings is 7. The zero-order chi connectivity index (χ0) is 73.0. The van der Waals surface area contributed by atoms with Gasteiger partial charge in [0.25, 0.3) is 23.6 Å². The van der Waals surface area contributed by atoms with Crippen LogP contribution in [0.4, 0.5) is 34.1 Å². The lowest BCUT2D eigenvalue weighted by atomic mass is 10.0. The molecule has 530 valence electrons. The van der Waals surface area contributed by atoms with Crippen molar-refractivity contribution in [3.63, 3.8) is 0 Å². The van der Waals surface area contributed by atoms with Gasteiger partial charge in [0.05, 0.1) is 21.5 Å². The molecule has 8 heterocycles. The number of rotatable bonds is 32. The molecule has 0 saturated heterocycles. The van der Waals surface area contributed by atoms with Crippen molar-refractivity contribution >= 4 is 137 Å². The summed E-state index contributed by atoms with van der Waals surface area (Å²) in [6.45, 7) is 1.78. The fourth-order valence-corrected chi connectivity index (χ4v) is 17.8. The zero-order valence-electron chi connectivity index (χ0n) is 58.2. The number of azide groups is 2. The molecule has 0 bridgehead atoms. The van der Waals surface area contributed by atoms with Crippen LogP contribution in [0.5, 0.6) is 0 Å². The number of aromatic nitrogens is 4. The summed E-state index contributed by atoms with van der Waals surface area (Å²) in [5.74, 6) is -0.989. The number of aryl methyl sites for hydroxylation is 4. The molecule has 0 unspecified atom stereocenters. The highest BCUT2D eigenvalue weighted by Gasteiger charge is 2.29. The summed E-state index contributed by atoms with van der Waals surface area (Å²) in [7, 11) is 0. The van der Waals surface area contributed by atoms with Gasteiger partial charge in [-0.1, -0.05) is 95.2 Å². The molecule has 0 saturated carbocycles. The number of hydrogen-bond acceptors (Lipinski definition) is 17.